The van der Waals surface area contributed by atoms with E-state index in [2.05, 4.69) is 38.1 Å². The van der Waals surface area contributed by atoms with Gasteiger partial charge in [-0.2, -0.15) is 0 Å². The van der Waals surface area contributed by atoms with Crippen molar-refractivity contribution in [3.63, 3.8) is 0 Å². The first-order valence-corrected chi connectivity index (χ1v) is 11.3. The largest absolute Gasteiger partial charge is 0.496 e. The van der Waals surface area contributed by atoms with Crippen LogP contribution < -0.4 is 9.47 Å². The van der Waals surface area contributed by atoms with Crippen LogP contribution in [0, 0.1) is 26.7 Å². The Kier molecular flexibility index (Phi) is 6.81. The molecule has 0 aliphatic heterocycles. The van der Waals surface area contributed by atoms with E-state index in [4.69, 9.17) is 9.47 Å². The maximum Gasteiger partial charge on any atom is 0.129 e. The van der Waals surface area contributed by atoms with Gasteiger partial charge < -0.3 is 14.6 Å². The lowest BCUT2D eigenvalue weighted by Crippen LogP contribution is -2.35. The Morgan fingerprint density at radius 3 is 1.87 bits per heavy atom. The lowest BCUT2D eigenvalue weighted by atomic mass is 9.73. The van der Waals surface area contributed by atoms with Crippen molar-refractivity contribution in [1.82, 2.24) is 0 Å². The van der Waals surface area contributed by atoms with Crippen LogP contribution in [0.1, 0.15) is 85.3 Å². The van der Waals surface area contributed by atoms with Gasteiger partial charge in [0.25, 0.3) is 0 Å². The summed E-state index contributed by atoms with van der Waals surface area (Å²) in [7, 11) is 3.38. The van der Waals surface area contributed by atoms with Crippen molar-refractivity contribution < 1.29 is 14.6 Å². The summed E-state index contributed by atoms with van der Waals surface area (Å²) < 4.78 is 11.6. The molecule has 3 nitrogen and oxygen atoms in total. The third kappa shape index (κ3) is 3.73. The van der Waals surface area contributed by atoms with Gasteiger partial charge in [-0.05, 0) is 67.7 Å². The fourth-order valence-electron chi connectivity index (χ4n) is 5.33. The molecule has 0 heterocycles. The molecule has 1 atom stereocenters. The molecule has 1 saturated carbocycles. The highest BCUT2D eigenvalue weighted by Gasteiger charge is 2.41. The zero-order valence-corrected chi connectivity index (χ0v) is 19.8. The Bertz CT molecular complexity index is 876. The average Bonchev–Trinajstić information content (AvgIpc) is 2.76. The Labute approximate surface area is 182 Å². The van der Waals surface area contributed by atoms with Crippen LogP contribution in [0.25, 0.3) is 0 Å². The van der Waals surface area contributed by atoms with Gasteiger partial charge in [0.05, 0.1) is 14.2 Å². The van der Waals surface area contributed by atoms with Crippen LogP contribution in [-0.4, -0.2) is 19.3 Å². The first-order valence-electron chi connectivity index (χ1n) is 11.3. The standard InChI is InChI=1S/C27H38O3/c1-17(2)27(28,23-15-13-22(14-16-23)21-11-9-8-10-12-21)24-20(5)25(29-6)18(3)19(4)26(24)30-7/h13-17,21,28H,8-12H2,1-7H3. The number of ether oxygens (including phenoxy) is 2. The highest BCUT2D eigenvalue weighted by molar-refractivity contribution is 5.62. The van der Waals surface area contributed by atoms with E-state index in [1.54, 1.807) is 14.2 Å². The van der Waals surface area contributed by atoms with Crippen molar-refractivity contribution in [2.24, 2.45) is 5.92 Å². The zero-order chi connectivity index (χ0) is 22.1. The molecule has 2 aromatic rings. The third-order valence-corrected chi connectivity index (χ3v) is 7.24. The molecule has 0 aromatic heterocycles. The minimum absolute atomic E-state index is 0.0440. The second-order valence-electron chi connectivity index (χ2n) is 9.19. The summed E-state index contributed by atoms with van der Waals surface area (Å²) in [6.07, 6.45) is 6.54. The lowest BCUT2D eigenvalue weighted by molar-refractivity contribution is 0.0285. The number of rotatable bonds is 6. The van der Waals surface area contributed by atoms with E-state index in [-0.39, 0.29) is 5.92 Å². The van der Waals surface area contributed by atoms with Crippen LogP contribution in [0.5, 0.6) is 11.5 Å². The van der Waals surface area contributed by atoms with Crippen LogP contribution in [0.3, 0.4) is 0 Å². The van der Waals surface area contributed by atoms with Crippen LogP contribution in [0.15, 0.2) is 24.3 Å². The fourth-order valence-corrected chi connectivity index (χ4v) is 5.33. The topological polar surface area (TPSA) is 38.7 Å². The number of hydrogen-bond donors (Lipinski definition) is 1. The Hall–Kier alpha value is -2.00. The Balaban J connectivity index is 2.17. The normalized spacial score (nSPS) is 17.1. The van der Waals surface area contributed by atoms with Crippen molar-refractivity contribution in [3.05, 3.63) is 57.6 Å². The van der Waals surface area contributed by atoms with Gasteiger partial charge in [-0.3, -0.25) is 0 Å². The molecule has 0 spiro atoms. The number of hydrogen-bond acceptors (Lipinski definition) is 3. The van der Waals surface area contributed by atoms with Crippen molar-refractivity contribution >= 4 is 0 Å². The fraction of sp³-hybridized carbons (Fsp3) is 0.556. The number of benzene rings is 2. The molecular weight excluding hydrogens is 372 g/mol. The average molecular weight is 411 g/mol. The highest BCUT2D eigenvalue weighted by atomic mass is 16.5. The zero-order valence-electron chi connectivity index (χ0n) is 19.8. The van der Waals surface area contributed by atoms with Crippen LogP contribution in [0.2, 0.25) is 0 Å². The maximum atomic E-state index is 12.2. The molecule has 0 bridgehead atoms. The van der Waals surface area contributed by atoms with Gasteiger partial charge in [-0.25, -0.2) is 0 Å². The molecule has 1 N–H and O–H groups in total. The van der Waals surface area contributed by atoms with Gasteiger partial charge >= 0.3 is 0 Å². The van der Waals surface area contributed by atoms with E-state index in [1.807, 2.05) is 20.8 Å². The summed E-state index contributed by atoms with van der Waals surface area (Å²) in [5, 5.41) is 12.2. The minimum Gasteiger partial charge on any atom is -0.496 e. The van der Waals surface area contributed by atoms with Gasteiger partial charge in [0, 0.05) is 11.1 Å². The predicted octanol–water partition coefficient (Wildman–Crippen LogP) is 6.57. The van der Waals surface area contributed by atoms with E-state index < -0.39 is 5.60 Å². The summed E-state index contributed by atoms with van der Waals surface area (Å²) in [6, 6.07) is 8.67. The van der Waals surface area contributed by atoms with E-state index in [0.717, 1.165) is 39.3 Å². The molecule has 0 saturated heterocycles. The van der Waals surface area contributed by atoms with Gasteiger partial charge in [0.1, 0.15) is 17.1 Å². The Morgan fingerprint density at radius 2 is 1.37 bits per heavy atom. The lowest BCUT2D eigenvalue weighted by Gasteiger charge is -2.37. The molecule has 1 aliphatic carbocycles. The third-order valence-electron chi connectivity index (χ3n) is 7.24. The summed E-state index contributed by atoms with van der Waals surface area (Å²) >= 11 is 0. The molecule has 1 fully saturated rings. The second kappa shape index (κ2) is 9.01. The summed E-state index contributed by atoms with van der Waals surface area (Å²) in [4.78, 5) is 0. The first-order chi connectivity index (χ1) is 14.3. The first kappa shape index (κ1) is 22.7. The molecule has 0 radical (unpaired) electrons. The summed E-state index contributed by atoms with van der Waals surface area (Å²) in [5.41, 5.74) is 4.93. The van der Waals surface area contributed by atoms with Crippen LogP contribution in [0.4, 0.5) is 0 Å². The molecule has 2 aromatic carbocycles. The maximum absolute atomic E-state index is 12.2. The predicted molar refractivity (Wildman–Crippen MR) is 124 cm³/mol. The molecular formula is C27H38O3. The van der Waals surface area contributed by atoms with Gasteiger partial charge in [-0.15, -0.1) is 0 Å². The summed E-state index contributed by atoms with van der Waals surface area (Å²) in [5.74, 6) is 2.18. The monoisotopic (exact) mass is 410 g/mol. The minimum atomic E-state index is -1.17. The molecule has 0 amide bonds. The van der Waals surface area contributed by atoms with Gasteiger partial charge in [0.2, 0.25) is 0 Å². The Morgan fingerprint density at radius 1 is 0.833 bits per heavy atom. The molecule has 3 heteroatoms. The van der Waals surface area contributed by atoms with Crippen molar-refractivity contribution in [2.45, 2.75) is 78.2 Å². The SMILES string of the molecule is COc1c(C)c(C)c(OC)c(C(O)(c2ccc(C3CCCCC3)cc2)C(C)C)c1C. The van der Waals surface area contributed by atoms with Crippen molar-refractivity contribution in [2.75, 3.05) is 14.2 Å². The molecule has 30 heavy (non-hydrogen) atoms. The molecule has 1 aliphatic rings. The quantitative estimate of drug-likeness (QED) is 0.585. The molecule has 1 unspecified atom stereocenters. The van der Waals surface area contributed by atoms with Crippen molar-refractivity contribution in [1.29, 1.82) is 0 Å². The number of methoxy groups -OCH3 is 2. The summed E-state index contributed by atoms with van der Waals surface area (Å²) in [6.45, 7) is 10.2. The molecule has 3 rings (SSSR count). The van der Waals surface area contributed by atoms with E-state index in [1.165, 1.54) is 37.7 Å². The van der Waals surface area contributed by atoms with E-state index in [9.17, 15) is 5.11 Å². The van der Waals surface area contributed by atoms with Crippen LogP contribution >= 0.6 is 0 Å². The smallest absolute Gasteiger partial charge is 0.129 e. The van der Waals surface area contributed by atoms with Gasteiger partial charge in [0.15, 0.2) is 0 Å². The van der Waals surface area contributed by atoms with Crippen LogP contribution in [-0.2, 0) is 5.60 Å². The second-order valence-corrected chi connectivity index (χ2v) is 9.19. The number of aliphatic hydroxyl groups is 1. The van der Waals surface area contributed by atoms with E-state index >= 15 is 0 Å². The highest BCUT2D eigenvalue weighted by Crippen LogP contribution is 2.48. The van der Waals surface area contributed by atoms with Gasteiger partial charge in [-0.1, -0.05) is 57.4 Å². The molecule has 164 valence electrons. The van der Waals surface area contributed by atoms with Crippen molar-refractivity contribution in [3.8, 4) is 11.5 Å². The van der Waals surface area contributed by atoms with E-state index in [0.29, 0.717) is 5.92 Å².